The van der Waals surface area contributed by atoms with Crippen LogP contribution in [0.15, 0.2) is 72.1 Å². The molecule has 0 unspecified atom stereocenters. The van der Waals surface area contributed by atoms with Gasteiger partial charge in [0.1, 0.15) is 11.9 Å². The molecule has 0 radical (unpaired) electrons. The van der Waals surface area contributed by atoms with E-state index in [2.05, 4.69) is 101 Å². The lowest BCUT2D eigenvalue weighted by Crippen LogP contribution is -2.50. The van der Waals surface area contributed by atoms with Crippen molar-refractivity contribution in [2.24, 2.45) is 0 Å². The van der Waals surface area contributed by atoms with E-state index in [1.165, 1.54) is 16.0 Å². The molecule has 1 aliphatic rings. The van der Waals surface area contributed by atoms with E-state index in [1.54, 1.807) is 11.3 Å². The van der Waals surface area contributed by atoms with Crippen LogP contribution in [0.2, 0.25) is 0 Å². The Hall–Kier alpha value is -2.18. The van der Waals surface area contributed by atoms with Gasteiger partial charge in [-0.3, -0.25) is 9.80 Å². The van der Waals surface area contributed by atoms with Gasteiger partial charge >= 0.3 is 0 Å². The van der Waals surface area contributed by atoms with Crippen molar-refractivity contribution < 1.29 is 4.74 Å². The van der Waals surface area contributed by atoms with Gasteiger partial charge < -0.3 is 10.1 Å². The lowest BCUT2D eigenvalue weighted by molar-refractivity contribution is 0.0501. The predicted octanol–water partition coefficient (Wildman–Crippen LogP) is 5.53. The molecule has 1 saturated heterocycles. The number of hydrogen-bond acceptors (Lipinski definition) is 5. The zero-order valence-corrected chi connectivity index (χ0v) is 21.0. The molecule has 1 fully saturated rings. The highest BCUT2D eigenvalue weighted by molar-refractivity contribution is 7.10. The lowest BCUT2D eigenvalue weighted by atomic mass is 9.79. The van der Waals surface area contributed by atoms with Crippen LogP contribution < -0.4 is 10.1 Å². The van der Waals surface area contributed by atoms with Crippen LogP contribution >= 0.6 is 11.3 Å². The average Bonchev–Trinajstić information content (AvgIpc) is 3.39. The molecule has 3 aromatic rings. The fraction of sp³-hybridized carbons (Fsp3) is 0.429. The number of likely N-dealkylation sites (tertiary alicyclic amines) is 1. The van der Waals surface area contributed by atoms with E-state index < -0.39 is 0 Å². The van der Waals surface area contributed by atoms with Crippen LogP contribution in [0, 0.1) is 0 Å². The van der Waals surface area contributed by atoms with Gasteiger partial charge in [-0.15, -0.1) is 11.3 Å². The van der Waals surface area contributed by atoms with Crippen molar-refractivity contribution in [3.8, 4) is 5.75 Å². The van der Waals surface area contributed by atoms with Gasteiger partial charge in [-0.25, -0.2) is 0 Å². The maximum Gasteiger partial charge on any atom is 0.134 e. The Kier molecular flexibility index (Phi) is 8.20. The first-order chi connectivity index (χ1) is 16.1. The van der Waals surface area contributed by atoms with E-state index in [0.717, 1.165) is 51.2 Å². The molecule has 2 heterocycles. The smallest absolute Gasteiger partial charge is 0.134 e. The highest BCUT2D eigenvalue weighted by atomic mass is 32.1. The van der Waals surface area contributed by atoms with Crippen LogP contribution in [-0.4, -0.2) is 50.6 Å². The first-order valence-corrected chi connectivity index (χ1v) is 12.9. The van der Waals surface area contributed by atoms with Crippen molar-refractivity contribution in [3.63, 3.8) is 0 Å². The third kappa shape index (κ3) is 5.67. The Morgan fingerprint density at radius 1 is 1.00 bits per heavy atom. The molecule has 1 aliphatic heterocycles. The molecule has 0 saturated carbocycles. The Morgan fingerprint density at radius 2 is 1.73 bits per heavy atom. The molecule has 0 amide bonds. The number of thiophene rings is 1. The highest BCUT2D eigenvalue weighted by Crippen LogP contribution is 2.38. The highest BCUT2D eigenvalue weighted by Gasteiger charge is 2.38. The molecule has 4 nitrogen and oxygen atoms in total. The minimum Gasteiger partial charge on any atom is -0.485 e. The molecule has 1 atom stereocenters. The summed E-state index contributed by atoms with van der Waals surface area (Å²) in [5.74, 6) is 1.01. The first-order valence-electron chi connectivity index (χ1n) is 12.0. The number of nitrogens with one attached hydrogen (secondary N) is 1. The molecule has 0 spiro atoms. The van der Waals surface area contributed by atoms with Crippen LogP contribution in [0.3, 0.4) is 0 Å². The summed E-state index contributed by atoms with van der Waals surface area (Å²) < 4.78 is 6.62. The van der Waals surface area contributed by atoms with Gasteiger partial charge in [-0.05, 0) is 63.6 Å². The van der Waals surface area contributed by atoms with Gasteiger partial charge in [0.2, 0.25) is 0 Å². The van der Waals surface area contributed by atoms with Crippen molar-refractivity contribution in [1.82, 2.24) is 15.1 Å². The molecule has 176 valence electrons. The van der Waals surface area contributed by atoms with Gasteiger partial charge in [-0.1, -0.05) is 54.6 Å². The number of piperidine rings is 1. The number of hydrogen-bond donors (Lipinski definition) is 1. The molecular formula is C28H37N3OS. The predicted molar refractivity (Wildman–Crippen MR) is 139 cm³/mol. The van der Waals surface area contributed by atoms with Crippen molar-refractivity contribution in [2.45, 2.75) is 37.5 Å². The molecule has 1 aromatic heterocycles. The summed E-state index contributed by atoms with van der Waals surface area (Å²) in [6.45, 7) is 4.02. The number of para-hydroxylation sites is 1. The van der Waals surface area contributed by atoms with Crippen LogP contribution in [0.1, 0.15) is 41.4 Å². The van der Waals surface area contributed by atoms with Crippen molar-refractivity contribution >= 4 is 11.3 Å². The molecular weight excluding hydrogens is 426 g/mol. The van der Waals surface area contributed by atoms with Crippen LogP contribution in [0.5, 0.6) is 5.75 Å². The third-order valence-electron chi connectivity index (χ3n) is 7.00. The summed E-state index contributed by atoms with van der Waals surface area (Å²) in [7, 11) is 6.45. The van der Waals surface area contributed by atoms with Crippen LogP contribution in [0.4, 0.5) is 0 Å². The molecule has 0 bridgehead atoms. The van der Waals surface area contributed by atoms with E-state index in [4.69, 9.17) is 4.74 Å². The molecule has 1 N–H and O–H groups in total. The fourth-order valence-corrected chi connectivity index (χ4v) is 5.77. The normalized spacial score (nSPS) is 17.2. The lowest BCUT2D eigenvalue weighted by Gasteiger charge is -2.46. The zero-order valence-electron chi connectivity index (χ0n) is 20.2. The van der Waals surface area contributed by atoms with Gasteiger partial charge in [0.05, 0.1) is 0 Å². The second kappa shape index (κ2) is 11.3. The molecule has 4 rings (SSSR count). The largest absolute Gasteiger partial charge is 0.485 e. The maximum absolute atomic E-state index is 6.62. The summed E-state index contributed by atoms with van der Waals surface area (Å²) in [5.41, 5.74) is 2.83. The fourth-order valence-electron chi connectivity index (χ4n) is 4.98. The quantitative estimate of drug-likeness (QED) is 0.428. The summed E-state index contributed by atoms with van der Waals surface area (Å²) >= 11 is 1.77. The van der Waals surface area contributed by atoms with Crippen LogP contribution in [0.25, 0.3) is 0 Å². The Balaban J connectivity index is 1.45. The summed E-state index contributed by atoms with van der Waals surface area (Å²) in [6.07, 6.45) is 3.30. The number of ether oxygens (including phenoxy) is 1. The van der Waals surface area contributed by atoms with E-state index >= 15 is 0 Å². The van der Waals surface area contributed by atoms with Crippen molar-refractivity contribution in [1.29, 1.82) is 0 Å². The third-order valence-corrected chi connectivity index (χ3v) is 7.97. The topological polar surface area (TPSA) is 27.7 Å². The maximum atomic E-state index is 6.62. The van der Waals surface area contributed by atoms with E-state index in [1.807, 2.05) is 7.05 Å². The van der Waals surface area contributed by atoms with Gasteiger partial charge in [0.25, 0.3) is 0 Å². The minimum absolute atomic E-state index is 0.0828. The first kappa shape index (κ1) is 24.0. The Labute approximate surface area is 203 Å². The van der Waals surface area contributed by atoms with Crippen LogP contribution in [-0.2, 0) is 12.1 Å². The number of nitrogens with zero attached hydrogens (tertiary/aromatic N) is 2. The average molecular weight is 464 g/mol. The second-order valence-corrected chi connectivity index (χ2v) is 10.2. The zero-order chi connectivity index (χ0) is 23.1. The standard InChI is InChI=1S/C28H37N3OS/c1-29-18-15-26(27-14-9-21-33-27)32-25-13-8-7-10-23(25)22-31-19-16-28(17-20-31,30(2)3)24-11-5-4-6-12-24/h4-14,21,26,29H,15-20,22H2,1-3H3/t26-/m1/s1. The molecule has 33 heavy (non-hydrogen) atoms. The number of benzene rings is 2. The van der Waals surface area contributed by atoms with E-state index in [-0.39, 0.29) is 11.6 Å². The number of rotatable bonds is 10. The molecule has 0 aliphatic carbocycles. The molecule has 2 aromatic carbocycles. The Bertz CT molecular complexity index is 966. The minimum atomic E-state index is 0.0828. The summed E-state index contributed by atoms with van der Waals surface area (Å²) in [5, 5.41) is 5.40. The van der Waals surface area contributed by atoms with E-state index in [9.17, 15) is 0 Å². The van der Waals surface area contributed by atoms with Gasteiger partial charge in [0.15, 0.2) is 0 Å². The monoisotopic (exact) mass is 463 g/mol. The van der Waals surface area contributed by atoms with Gasteiger partial charge in [-0.2, -0.15) is 0 Å². The van der Waals surface area contributed by atoms with E-state index in [0.29, 0.717) is 0 Å². The van der Waals surface area contributed by atoms with Crippen molar-refractivity contribution in [2.75, 3.05) is 40.8 Å². The van der Waals surface area contributed by atoms with Crippen molar-refractivity contribution in [3.05, 3.63) is 88.1 Å². The second-order valence-electron chi connectivity index (χ2n) is 9.19. The van der Waals surface area contributed by atoms with Gasteiger partial charge in [0, 0.05) is 42.0 Å². The summed E-state index contributed by atoms with van der Waals surface area (Å²) in [4.78, 5) is 6.29. The Morgan fingerprint density at radius 3 is 2.39 bits per heavy atom. The SMILES string of the molecule is CNCC[C@@H](Oc1ccccc1CN1CCC(c2ccccc2)(N(C)C)CC1)c1cccs1. The molecule has 5 heteroatoms. The summed E-state index contributed by atoms with van der Waals surface area (Å²) in [6, 6.07) is 23.9.